The number of para-hydroxylation sites is 1. The summed E-state index contributed by atoms with van der Waals surface area (Å²) in [7, 11) is 0. The SMILES string of the molecule is CC(NC(=O)OCC1c2ccccc2-c2ccccc21)C(=O)N1CCC(C(=O)O)c2ccccc21. The van der Waals surface area contributed by atoms with Crippen molar-refractivity contribution in [3.05, 3.63) is 89.5 Å². The van der Waals surface area contributed by atoms with Crippen molar-refractivity contribution in [3.63, 3.8) is 0 Å². The number of amides is 2. The van der Waals surface area contributed by atoms with Crippen LogP contribution >= 0.6 is 0 Å². The predicted molar refractivity (Wildman–Crippen MR) is 131 cm³/mol. The van der Waals surface area contributed by atoms with Gasteiger partial charge in [0.15, 0.2) is 0 Å². The summed E-state index contributed by atoms with van der Waals surface area (Å²) in [5.74, 6) is -1.94. The lowest BCUT2D eigenvalue weighted by Crippen LogP contribution is -2.49. The Labute approximate surface area is 203 Å². The van der Waals surface area contributed by atoms with Crippen LogP contribution in [0.5, 0.6) is 0 Å². The van der Waals surface area contributed by atoms with Crippen molar-refractivity contribution in [2.75, 3.05) is 18.1 Å². The molecule has 178 valence electrons. The molecular weight excluding hydrogens is 444 g/mol. The fourth-order valence-corrected chi connectivity index (χ4v) is 5.16. The van der Waals surface area contributed by atoms with Gasteiger partial charge in [0.2, 0.25) is 5.91 Å². The maximum absolute atomic E-state index is 13.2. The van der Waals surface area contributed by atoms with Crippen LogP contribution in [0.4, 0.5) is 10.5 Å². The van der Waals surface area contributed by atoms with Gasteiger partial charge in [-0.2, -0.15) is 0 Å². The highest BCUT2D eigenvalue weighted by Gasteiger charge is 2.35. The molecule has 0 saturated heterocycles. The molecule has 0 fully saturated rings. The highest BCUT2D eigenvalue weighted by atomic mass is 16.5. The fourth-order valence-electron chi connectivity index (χ4n) is 5.16. The molecule has 1 aliphatic heterocycles. The van der Waals surface area contributed by atoms with Crippen molar-refractivity contribution in [1.29, 1.82) is 0 Å². The standard InChI is InChI=1S/C28H26N2O5/c1-17(26(31)30-15-14-23(27(32)33)22-12-6-7-13-25(22)30)29-28(34)35-16-24-20-10-4-2-8-18(20)19-9-3-5-11-21(19)24/h2-13,17,23-24H,14-16H2,1H3,(H,29,34)(H,32,33). The van der Waals surface area contributed by atoms with Crippen molar-refractivity contribution in [2.45, 2.75) is 31.2 Å². The summed E-state index contributed by atoms with van der Waals surface area (Å²) in [6, 6.07) is 22.4. The molecule has 2 N–H and O–H groups in total. The summed E-state index contributed by atoms with van der Waals surface area (Å²) in [5.41, 5.74) is 5.69. The number of fused-ring (bicyclic) bond motifs is 4. The topological polar surface area (TPSA) is 95.9 Å². The normalized spacial score (nSPS) is 17.1. The average molecular weight is 471 g/mol. The van der Waals surface area contributed by atoms with E-state index in [1.54, 1.807) is 36.1 Å². The van der Waals surface area contributed by atoms with Crippen LogP contribution in [0.3, 0.4) is 0 Å². The van der Waals surface area contributed by atoms with Gasteiger partial charge in [0, 0.05) is 18.2 Å². The molecule has 0 saturated carbocycles. The van der Waals surface area contributed by atoms with E-state index >= 15 is 0 Å². The van der Waals surface area contributed by atoms with Crippen molar-refractivity contribution < 1.29 is 24.2 Å². The number of rotatable bonds is 5. The Hall–Kier alpha value is -4.13. The minimum absolute atomic E-state index is 0.0684. The maximum Gasteiger partial charge on any atom is 0.407 e. The van der Waals surface area contributed by atoms with Crippen LogP contribution in [0.1, 0.15) is 41.9 Å². The summed E-state index contributed by atoms with van der Waals surface area (Å²) < 4.78 is 5.57. The van der Waals surface area contributed by atoms with Gasteiger partial charge in [-0.05, 0) is 47.2 Å². The molecule has 2 amide bonds. The third kappa shape index (κ3) is 4.14. The monoisotopic (exact) mass is 470 g/mol. The van der Waals surface area contributed by atoms with Gasteiger partial charge in [0.25, 0.3) is 0 Å². The van der Waals surface area contributed by atoms with E-state index in [9.17, 15) is 19.5 Å². The van der Waals surface area contributed by atoms with Gasteiger partial charge in [-0.25, -0.2) is 4.79 Å². The summed E-state index contributed by atoms with van der Waals surface area (Å²) >= 11 is 0. The first-order valence-corrected chi connectivity index (χ1v) is 11.7. The second kappa shape index (κ2) is 9.25. The van der Waals surface area contributed by atoms with Gasteiger partial charge in [-0.15, -0.1) is 0 Å². The molecule has 3 aromatic rings. The molecule has 1 heterocycles. The highest BCUT2D eigenvalue weighted by Crippen LogP contribution is 2.44. The summed E-state index contributed by atoms with van der Waals surface area (Å²) in [6.07, 6.45) is -0.350. The number of hydrogen-bond acceptors (Lipinski definition) is 4. The molecule has 0 radical (unpaired) electrons. The zero-order valence-corrected chi connectivity index (χ0v) is 19.3. The molecule has 2 unspecified atom stereocenters. The largest absolute Gasteiger partial charge is 0.481 e. The van der Waals surface area contributed by atoms with Crippen molar-refractivity contribution in [3.8, 4) is 11.1 Å². The van der Waals surface area contributed by atoms with Crippen LogP contribution in [0, 0.1) is 0 Å². The van der Waals surface area contributed by atoms with E-state index in [-0.39, 0.29) is 25.0 Å². The van der Waals surface area contributed by atoms with Crippen LogP contribution in [-0.4, -0.2) is 42.3 Å². The molecule has 1 aliphatic carbocycles. The smallest absolute Gasteiger partial charge is 0.407 e. The number of carbonyl (C=O) groups is 3. The number of alkyl carbamates (subject to hydrolysis) is 1. The van der Waals surface area contributed by atoms with Crippen molar-refractivity contribution in [2.24, 2.45) is 0 Å². The summed E-state index contributed by atoms with van der Waals surface area (Å²) in [6.45, 7) is 2.03. The first-order valence-electron chi connectivity index (χ1n) is 11.7. The van der Waals surface area contributed by atoms with Gasteiger partial charge in [0.1, 0.15) is 12.6 Å². The third-order valence-electron chi connectivity index (χ3n) is 6.86. The van der Waals surface area contributed by atoms with Crippen molar-refractivity contribution >= 4 is 23.7 Å². The Morgan fingerprint density at radius 2 is 1.51 bits per heavy atom. The number of nitrogens with zero attached hydrogens (tertiary/aromatic N) is 1. The quantitative estimate of drug-likeness (QED) is 0.572. The molecular formula is C28H26N2O5. The van der Waals surface area contributed by atoms with E-state index in [2.05, 4.69) is 17.4 Å². The van der Waals surface area contributed by atoms with Crippen LogP contribution in [0.2, 0.25) is 0 Å². The van der Waals surface area contributed by atoms with Crippen molar-refractivity contribution in [1.82, 2.24) is 5.32 Å². The molecule has 2 atom stereocenters. The van der Waals surface area contributed by atoms with Crippen LogP contribution in [0.15, 0.2) is 72.8 Å². The van der Waals surface area contributed by atoms with Gasteiger partial charge >= 0.3 is 12.1 Å². The summed E-state index contributed by atoms with van der Waals surface area (Å²) in [4.78, 5) is 39.0. The number of anilines is 1. The minimum Gasteiger partial charge on any atom is -0.481 e. The average Bonchev–Trinajstić information content (AvgIpc) is 3.20. The molecule has 0 bridgehead atoms. The van der Waals surface area contributed by atoms with Crippen LogP contribution < -0.4 is 10.2 Å². The third-order valence-corrected chi connectivity index (χ3v) is 6.86. The second-order valence-electron chi connectivity index (χ2n) is 8.92. The number of ether oxygens (including phenoxy) is 1. The van der Waals surface area contributed by atoms with E-state index in [1.165, 1.54) is 0 Å². The Morgan fingerprint density at radius 3 is 2.14 bits per heavy atom. The van der Waals surface area contributed by atoms with E-state index in [0.717, 1.165) is 22.3 Å². The van der Waals surface area contributed by atoms with E-state index < -0.39 is 24.0 Å². The molecule has 2 aliphatic rings. The van der Waals surface area contributed by atoms with Crippen LogP contribution in [0.25, 0.3) is 11.1 Å². The lowest BCUT2D eigenvalue weighted by Gasteiger charge is -2.34. The number of benzene rings is 3. The van der Waals surface area contributed by atoms with Gasteiger partial charge in [-0.3, -0.25) is 9.59 Å². The van der Waals surface area contributed by atoms with E-state index in [4.69, 9.17) is 4.74 Å². The van der Waals surface area contributed by atoms with Gasteiger partial charge < -0.3 is 20.1 Å². The molecule has 3 aromatic carbocycles. The number of carboxylic acid groups (broad SMARTS) is 1. The second-order valence-corrected chi connectivity index (χ2v) is 8.92. The molecule has 35 heavy (non-hydrogen) atoms. The number of carbonyl (C=O) groups excluding carboxylic acids is 2. The van der Waals surface area contributed by atoms with Gasteiger partial charge in [0.05, 0.1) is 5.92 Å². The first kappa shape index (κ1) is 22.7. The highest BCUT2D eigenvalue weighted by molar-refractivity contribution is 6.00. The Balaban J connectivity index is 1.25. The molecule has 7 nitrogen and oxygen atoms in total. The lowest BCUT2D eigenvalue weighted by atomic mass is 9.89. The Kier molecular flexibility index (Phi) is 5.99. The number of hydrogen-bond donors (Lipinski definition) is 2. The zero-order chi connectivity index (χ0) is 24.5. The minimum atomic E-state index is -0.908. The number of carboxylic acids is 1. The van der Waals surface area contributed by atoms with Crippen LogP contribution in [-0.2, 0) is 14.3 Å². The molecule has 7 heteroatoms. The first-order chi connectivity index (χ1) is 17.0. The maximum atomic E-state index is 13.2. The number of nitrogens with one attached hydrogen (secondary N) is 1. The Bertz CT molecular complexity index is 1260. The Morgan fingerprint density at radius 1 is 0.943 bits per heavy atom. The molecule has 5 rings (SSSR count). The molecule has 0 spiro atoms. The fraction of sp³-hybridized carbons (Fsp3) is 0.250. The van der Waals surface area contributed by atoms with Gasteiger partial charge in [-0.1, -0.05) is 66.7 Å². The predicted octanol–water partition coefficient (Wildman–Crippen LogP) is 4.52. The van der Waals surface area contributed by atoms with E-state index in [1.807, 2.05) is 36.4 Å². The zero-order valence-electron chi connectivity index (χ0n) is 19.3. The lowest BCUT2D eigenvalue weighted by molar-refractivity contribution is -0.139. The molecule has 0 aromatic heterocycles. The van der Waals surface area contributed by atoms with E-state index in [0.29, 0.717) is 17.7 Å². The summed E-state index contributed by atoms with van der Waals surface area (Å²) in [5, 5.41) is 12.2. The number of aliphatic carboxylic acids is 1.